The smallest absolute Gasteiger partial charge is 0.744 e. The average molecular weight is 448 g/mol. The first-order chi connectivity index (χ1) is 11.9. The summed E-state index contributed by atoms with van der Waals surface area (Å²) in [5, 5.41) is 17.6. The molecule has 0 spiro atoms. The molecule has 2 aromatic carbocycles. The van der Waals surface area contributed by atoms with Gasteiger partial charge < -0.3 is 24.1 Å². The zero-order chi connectivity index (χ0) is 19.7. The number of aliphatic hydroxyl groups is 2. The third kappa shape index (κ3) is 6.58. The van der Waals surface area contributed by atoms with Crippen LogP contribution < -0.4 is 63.9 Å². The van der Waals surface area contributed by atoms with Crippen molar-refractivity contribution in [1.29, 1.82) is 0 Å². The molecule has 2 N–H and O–H groups in total. The van der Waals surface area contributed by atoms with Gasteiger partial charge in [0.1, 0.15) is 30.9 Å². The molecule has 0 saturated heterocycles. The van der Waals surface area contributed by atoms with E-state index < -0.39 is 53.6 Å². The minimum absolute atomic E-state index is 0. The molecule has 10 nitrogen and oxygen atoms in total. The van der Waals surface area contributed by atoms with Crippen molar-refractivity contribution in [3.63, 3.8) is 0 Å². The summed E-state index contributed by atoms with van der Waals surface area (Å²) in [5.74, 6) is -2.14. The van der Waals surface area contributed by atoms with E-state index >= 15 is 0 Å². The molecular formula is C14H10Na2O10S2. The van der Waals surface area contributed by atoms with Crippen molar-refractivity contribution < 1.29 is 105 Å². The summed E-state index contributed by atoms with van der Waals surface area (Å²) in [6, 6.07) is 8.36. The number of benzene rings is 2. The third-order valence-electron chi connectivity index (χ3n) is 3.09. The Balaban J connectivity index is 0.00000364. The Morgan fingerprint density at radius 3 is 1.79 bits per heavy atom. The second-order valence-corrected chi connectivity index (χ2v) is 7.45. The Bertz CT molecular complexity index is 1050. The predicted octanol–water partition coefficient (Wildman–Crippen LogP) is -6.62. The SMILES string of the molecule is O=C(c1ccccc1)c1ccc(OC(O)O)c(S(=O)(=O)[O-])c1S(=O)(=O)[O-].[Na+].[Na+]. The van der Waals surface area contributed by atoms with Gasteiger partial charge in [-0.05, 0) is 12.1 Å². The van der Waals surface area contributed by atoms with Crippen LogP contribution in [0.3, 0.4) is 0 Å². The van der Waals surface area contributed by atoms with Gasteiger partial charge in [0.25, 0.3) is 0 Å². The maximum Gasteiger partial charge on any atom is 1.00 e. The number of hydrogen-bond acceptors (Lipinski definition) is 10. The summed E-state index contributed by atoms with van der Waals surface area (Å²) in [7, 11) is -11.3. The summed E-state index contributed by atoms with van der Waals surface area (Å²) >= 11 is 0. The topological polar surface area (TPSA) is 181 Å². The molecule has 0 fully saturated rings. The maximum absolute atomic E-state index is 12.5. The fraction of sp³-hybridized carbons (Fsp3) is 0.0714. The van der Waals surface area contributed by atoms with E-state index in [2.05, 4.69) is 4.74 Å². The average Bonchev–Trinajstić information content (AvgIpc) is 2.52. The van der Waals surface area contributed by atoms with Gasteiger partial charge in [0.15, 0.2) is 5.78 Å². The van der Waals surface area contributed by atoms with Crippen LogP contribution in [0.25, 0.3) is 0 Å². The van der Waals surface area contributed by atoms with E-state index in [0.717, 1.165) is 6.07 Å². The molecule has 0 unspecified atom stereocenters. The zero-order valence-corrected chi connectivity index (χ0v) is 20.2. The Morgan fingerprint density at radius 2 is 1.36 bits per heavy atom. The van der Waals surface area contributed by atoms with Gasteiger partial charge in [0, 0.05) is 11.1 Å². The Morgan fingerprint density at radius 1 is 0.857 bits per heavy atom. The molecule has 14 heteroatoms. The van der Waals surface area contributed by atoms with Crippen LogP contribution in [0.15, 0.2) is 52.3 Å². The van der Waals surface area contributed by atoms with E-state index in [-0.39, 0.29) is 64.7 Å². The fourth-order valence-corrected chi connectivity index (χ4v) is 4.23. The normalized spacial score (nSPS) is 11.3. The first-order valence-corrected chi connectivity index (χ1v) is 9.46. The first kappa shape index (κ1) is 27.6. The summed E-state index contributed by atoms with van der Waals surface area (Å²) in [5.41, 5.74) is -0.956. The number of ether oxygens (including phenoxy) is 1. The van der Waals surface area contributed by atoms with Gasteiger partial charge in [0.2, 0.25) is 0 Å². The van der Waals surface area contributed by atoms with E-state index in [4.69, 9.17) is 10.2 Å². The van der Waals surface area contributed by atoms with Crippen LogP contribution in [0.2, 0.25) is 0 Å². The van der Waals surface area contributed by atoms with Gasteiger partial charge in [-0.15, -0.1) is 0 Å². The summed E-state index contributed by atoms with van der Waals surface area (Å²) in [6.45, 7) is -2.62. The van der Waals surface area contributed by atoms with Crippen LogP contribution in [0.5, 0.6) is 5.75 Å². The van der Waals surface area contributed by atoms with Crippen LogP contribution >= 0.6 is 0 Å². The van der Waals surface area contributed by atoms with Gasteiger partial charge in [0.05, 0.1) is 4.90 Å². The zero-order valence-electron chi connectivity index (χ0n) is 14.6. The number of ketones is 1. The van der Waals surface area contributed by atoms with Crippen molar-refractivity contribution in [2.75, 3.05) is 0 Å². The molecule has 0 saturated carbocycles. The number of carbonyl (C=O) groups is 1. The molecule has 28 heavy (non-hydrogen) atoms. The van der Waals surface area contributed by atoms with Crippen LogP contribution in [-0.4, -0.2) is 48.4 Å². The monoisotopic (exact) mass is 448 g/mol. The molecule has 0 aliphatic heterocycles. The maximum atomic E-state index is 12.5. The van der Waals surface area contributed by atoms with Crippen LogP contribution in [-0.2, 0) is 20.2 Å². The fourth-order valence-electron chi connectivity index (χ4n) is 2.16. The van der Waals surface area contributed by atoms with Gasteiger partial charge in [-0.1, -0.05) is 30.3 Å². The summed E-state index contributed by atoms with van der Waals surface area (Å²) in [6.07, 6.45) is 0. The number of aliphatic hydroxyl groups excluding tert-OH is 1. The third-order valence-corrected chi connectivity index (χ3v) is 5.05. The Kier molecular flexibility index (Phi) is 10.5. The summed E-state index contributed by atoms with van der Waals surface area (Å²) in [4.78, 5) is 9.18. The molecule has 0 heterocycles. The minimum Gasteiger partial charge on any atom is -0.744 e. The van der Waals surface area contributed by atoms with E-state index in [1.54, 1.807) is 6.07 Å². The number of rotatable bonds is 6. The minimum atomic E-state index is -5.66. The Labute approximate surface area is 204 Å². The molecule has 140 valence electrons. The second kappa shape index (κ2) is 10.6. The van der Waals surface area contributed by atoms with Crippen molar-refractivity contribution in [2.24, 2.45) is 0 Å². The van der Waals surface area contributed by atoms with Crippen LogP contribution in [0.4, 0.5) is 0 Å². The van der Waals surface area contributed by atoms with E-state index in [0.29, 0.717) is 6.07 Å². The quantitative estimate of drug-likeness (QED) is 0.187. The predicted molar refractivity (Wildman–Crippen MR) is 81.1 cm³/mol. The first-order valence-electron chi connectivity index (χ1n) is 6.64. The number of hydrogen-bond donors (Lipinski definition) is 2. The molecule has 0 aliphatic rings. The largest absolute Gasteiger partial charge is 1.00 e. The van der Waals surface area contributed by atoms with Gasteiger partial charge in [-0.3, -0.25) is 4.79 Å². The Hall–Kier alpha value is -0.350. The molecule has 0 aliphatic carbocycles. The standard InChI is InChI=1S/C14H12O10S2.2Na/c15-11(8-4-2-1-3-5-8)9-6-7-10(24-14(16)17)13(26(21,22)23)12(9)25(18,19)20;;/h1-7,14,16-17H,(H,18,19,20)(H,21,22,23);;/q;2*+1/p-2. The van der Waals surface area contributed by atoms with Gasteiger partial charge in [-0.2, -0.15) is 0 Å². The van der Waals surface area contributed by atoms with Crippen LogP contribution in [0, 0.1) is 0 Å². The van der Waals surface area contributed by atoms with Gasteiger partial charge in [-0.25, -0.2) is 16.8 Å². The van der Waals surface area contributed by atoms with Crippen molar-refractivity contribution in [3.05, 3.63) is 53.6 Å². The molecule has 0 bridgehead atoms. The van der Waals surface area contributed by atoms with Crippen molar-refractivity contribution in [2.45, 2.75) is 16.3 Å². The molecule has 0 amide bonds. The van der Waals surface area contributed by atoms with Crippen LogP contribution in [0.1, 0.15) is 15.9 Å². The van der Waals surface area contributed by atoms with E-state index in [1.165, 1.54) is 24.3 Å². The summed E-state index contributed by atoms with van der Waals surface area (Å²) < 4.78 is 73.6. The molecule has 2 rings (SSSR count). The molecule has 0 radical (unpaired) electrons. The van der Waals surface area contributed by atoms with E-state index in [1.807, 2.05) is 0 Å². The van der Waals surface area contributed by atoms with Crippen molar-refractivity contribution in [3.8, 4) is 5.75 Å². The molecule has 2 aromatic rings. The molecular weight excluding hydrogens is 438 g/mol. The molecule has 0 aromatic heterocycles. The van der Waals surface area contributed by atoms with Crippen molar-refractivity contribution >= 4 is 26.0 Å². The van der Waals surface area contributed by atoms with Gasteiger partial charge >= 0.3 is 65.6 Å². The molecule has 0 atom stereocenters. The second-order valence-electron chi connectivity index (χ2n) is 4.82. The van der Waals surface area contributed by atoms with E-state index in [9.17, 15) is 30.7 Å². The number of carbonyl (C=O) groups excluding carboxylic acids is 1. The van der Waals surface area contributed by atoms with Crippen molar-refractivity contribution in [1.82, 2.24) is 0 Å².